The van der Waals surface area contributed by atoms with E-state index in [0.717, 1.165) is 32.2 Å². The van der Waals surface area contributed by atoms with Crippen molar-refractivity contribution in [2.75, 3.05) is 6.54 Å². The third-order valence-electron chi connectivity index (χ3n) is 4.10. The first-order valence-electron chi connectivity index (χ1n) is 7.47. The van der Waals surface area contributed by atoms with E-state index >= 15 is 0 Å². The Morgan fingerprint density at radius 1 is 1.30 bits per heavy atom. The lowest BCUT2D eigenvalue weighted by Crippen LogP contribution is -2.35. The average Bonchev–Trinajstić information content (AvgIpc) is 2.46. The predicted molar refractivity (Wildman–Crippen MR) is 81.8 cm³/mol. The quantitative estimate of drug-likeness (QED) is 0.753. The lowest BCUT2D eigenvalue weighted by Gasteiger charge is -2.30. The van der Waals surface area contributed by atoms with Crippen molar-refractivity contribution in [3.8, 4) is 0 Å². The summed E-state index contributed by atoms with van der Waals surface area (Å²) in [5, 5.41) is 3.53. The number of halogens is 3. The summed E-state index contributed by atoms with van der Waals surface area (Å²) < 4.78 is 28.2. The summed E-state index contributed by atoms with van der Waals surface area (Å²) in [7, 11) is 0. The SMILES string of the molecule is CCCNC1CCCC(Cc2c(F)ccc(Br)c2F)C1. The molecule has 0 radical (unpaired) electrons. The lowest BCUT2D eigenvalue weighted by atomic mass is 9.82. The molecule has 0 heterocycles. The van der Waals surface area contributed by atoms with Crippen LogP contribution in [0.15, 0.2) is 16.6 Å². The highest BCUT2D eigenvalue weighted by Gasteiger charge is 2.24. The van der Waals surface area contributed by atoms with Gasteiger partial charge in [-0.1, -0.05) is 19.8 Å². The van der Waals surface area contributed by atoms with E-state index in [0.29, 0.717) is 22.9 Å². The summed E-state index contributed by atoms with van der Waals surface area (Å²) in [5.41, 5.74) is 0.237. The minimum absolute atomic E-state index is 0.237. The van der Waals surface area contributed by atoms with Crippen molar-refractivity contribution in [2.24, 2.45) is 5.92 Å². The van der Waals surface area contributed by atoms with Gasteiger partial charge in [-0.05, 0) is 66.2 Å². The van der Waals surface area contributed by atoms with Crippen molar-refractivity contribution in [2.45, 2.75) is 51.5 Å². The highest BCUT2D eigenvalue weighted by molar-refractivity contribution is 9.10. The summed E-state index contributed by atoms with van der Waals surface area (Å²) in [5.74, 6) is -0.487. The molecule has 2 atom stereocenters. The molecule has 1 aliphatic rings. The molecule has 0 spiro atoms. The molecule has 4 heteroatoms. The number of rotatable bonds is 5. The van der Waals surface area contributed by atoms with E-state index in [9.17, 15) is 8.78 Å². The van der Waals surface area contributed by atoms with Gasteiger partial charge in [0, 0.05) is 11.6 Å². The zero-order valence-electron chi connectivity index (χ0n) is 11.9. The van der Waals surface area contributed by atoms with Crippen molar-refractivity contribution in [3.05, 3.63) is 33.8 Å². The molecule has 2 unspecified atom stereocenters. The summed E-state index contributed by atoms with van der Waals surface area (Å²) in [4.78, 5) is 0. The smallest absolute Gasteiger partial charge is 0.143 e. The van der Waals surface area contributed by atoms with Crippen LogP contribution < -0.4 is 5.32 Å². The van der Waals surface area contributed by atoms with Crippen molar-refractivity contribution in [3.63, 3.8) is 0 Å². The molecule has 1 N–H and O–H groups in total. The maximum atomic E-state index is 14.0. The standard InChI is InChI=1S/C16H22BrF2N/c1-2-8-20-12-5-3-4-11(9-12)10-13-15(18)7-6-14(17)16(13)19/h6-7,11-12,20H,2-5,8-10H2,1H3. The van der Waals surface area contributed by atoms with E-state index in [1.165, 1.54) is 18.6 Å². The van der Waals surface area contributed by atoms with Gasteiger partial charge in [0.25, 0.3) is 0 Å². The lowest BCUT2D eigenvalue weighted by molar-refractivity contribution is 0.280. The van der Waals surface area contributed by atoms with Crippen molar-refractivity contribution in [1.82, 2.24) is 5.32 Å². The van der Waals surface area contributed by atoms with E-state index in [1.807, 2.05) is 0 Å². The summed E-state index contributed by atoms with van der Waals surface area (Å²) in [6.07, 6.45) is 6.03. The topological polar surface area (TPSA) is 12.0 Å². The largest absolute Gasteiger partial charge is 0.314 e. The first-order chi connectivity index (χ1) is 9.61. The van der Waals surface area contributed by atoms with E-state index in [2.05, 4.69) is 28.2 Å². The van der Waals surface area contributed by atoms with Crippen LogP contribution in [-0.2, 0) is 6.42 Å². The average molecular weight is 346 g/mol. The number of hydrogen-bond donors (Lipinski definition) is 1. The fraction of sp³-hybridized carbons (Fsp3) is 0.625. The minimum Gasteiger partial charge on any atom is -0.314 e. The van der Waals surface area contributed by atoms with Gasteiger partial charge in [0.05, 0.1) is 4.47 Å². The number of benzene rings is 1. The molecule has 0 saturated heterocycles. The van der Waals surface area contributed by atoms with Gasteiger partial charge in [-0.3, -0.25) is 0 Å². The second-order valence-corrected chi connectivity index (χ2v) is 6.56. The highest BCUT2D eigenvalue weighted by atomic mass is 79.9. The molecule has 2 rings (SSSR count). The van der Waals surface area contributed by atoms with Gasteiger partial charge in [-0.25, -0.2) is 8.78 Å². The van der Waals surface area contributed by atoms with Gasteiger partial charge < -0.3 is 5.32 Å². The Morgan fingerprint density at radius 3 is 2.85 bits per heavy atom. The van der Waals surface area contributed by atoms with Crippen LogP contribution >= 0.6 is 15.9 Å². The molecular formula is C16H22BrF2N. The predicted octanol–water partition coefficient (Wildman–Crippen LogP) is 4.83. The maximum Gasteiger partial charge on any atom is 0.143 e. The molecule has 0 aromatic heterocycles. The maximum absolute atomic E-state index is 14.0. The van der Waals surface area contributed by atoms with Crippen LogP contribution in [0, 0.1) is 17.6 Å². The minimum atomic E-state index is -0.436. The molecule has 1 nitrogen and oxygen atoms in total. The molecule has 20 heavy (non-hydrogen) atoms. The molecule has 1 aliphatic carbocycles. The summed E-state index contributed by atoms with van der Waals surface area (Å²) in [6.45, 7) is 3.18. The zero-order chi connectivity index (χ0) is 14.5. The van der Waals surface area contributed by atoms with E-state index < -0.39 is 11.6 Å². The van der Waals surface area contributed by atoms with E-state index in [1.54, 1.807) is 0 Å². The monoisotopic (exact) mass is 345 g/mol. The van der Waals surface area contributed by atoms with Crippen molar-refractivity contribution in [1.29, 1.82) is 0 Å². The van der Waals surface area contributed by atoms with Crippen molar-refractivity contribution < 1.29 is 8.78 Å². The first kappa shape index (κ1) is 15.9. The van der Waals surface area contributed by atoms with Crippen LogP contribution in [0.4, 0.5) is 8.78 Å². The molecule has 0 amide bonds. The Hall–Kier alpha value is -0.480. The van der Waals surface area contributed by atoms with Gasteiger partial charge >= 0.3 is 0 Å². The van der Waals surface area contributed by atoms with Crippen LogP contribution in [0.5, 0.6) is 0 Å². The van der Waals surface area contributed by atoms with Crippen LogP contribution in [0.2, 0.25) is 0 Å². The zero-order valence-corrected chi connectivity index (χ0v) is 13.5. The molecule has 1 aromatic carbocycles. The fourth-order valence-electron chi connectivity index (χ4n) is 3.06. The van der Waals surface area contributed by atoms with Crippen molar-refractivity contribution >= 4 is 15.9 Å². The van der Waals surface area contributed by atoms with Gasteiger partial charge in [0.2, 0.25) is 0 Å². The third kappa shape index (κ3) is 4.01. The van der Waals surface area contributed by atoms with Crippen LogP contribution in [-0.4, -0.2) is 12.6 Å². The highest BCUT2D eigenvalue weighted by Crippen LogP contribution is 2.30. The molecular weight excluding hydrogens is 324 g/mol. The molecule has 0 aliphatic heterocycles. The fourth-order valence-corrected chi connectivity index (χ4v) is 3.43. The second-order valence-electron chi connectivity index (χ2n) is 5.71. The Morgan fingerprint density at radius 2 is 2.10 bits per heavy atom. The third-order valence-corrected chi connectivity index (χ3v) is 4.71. The Kier molecular flexibility index (Phi) is 5.97. The second kappa shape index (κ2) is 7.51. The molecule has 1 fully saturated rings. The molecule has 112 valence electrons. The summed E-state index contributed by atoms with van der Waals surface area (Å²) in [6, 6.07) is 3.28. The first-order valence-corrected chi connectivity index (χ1v) is 8.26. The van der Waals surface area contributed by atoms with E-state index in [-0.39, 0.29) is 5.56 Å². The molecule has 1 aromatic rings. The Labute approximate surface area is 128 Å². The van der Waals surface area contributed by atoms with Gasteiger partial charge in [-0.2, -0.15) is 0 Å². The number of hydrogen-bond acceptors (Lipinski definition) is 1. The van der Waals surface area contributed by atoms with Gasteiger partial charge in [0.1, 0.15) is 11.6 Å². The number of nitrogens with one attached hydrogen (secondary N) is 1. The van der Waals surface area contributed by atoms with Crippen LogP contribution in [0.25, 0.3) is 0 Å². The normalized spacial score (nSPS) is 23.0. The van der Waals surface area contributed by atoms with E-state index in [4.69, 9.17) is 0 Å². The molecule has 1 saturated carbocycles. The van der Waals surface area contributed by atoms with Crippen LogP contribution in [0.3, 0.4) is 0 Å². The van der Waals surface area contributed by atoms with Gasteiger partial charge in [-0.15, -0.1) is 0 Å². The van der Waals surface area contributed by atoms with Gasteiger partial charge in [0.15, 0.2) is 0 Å². The van der Waals surface area contributed by atoms with Crippen LogP contribution in [0.1, 0.15) is 44.6 Å². The Balaban J connectivity index is 2.01. The summed E-state index contributed by atoms with van der Waals surface area (Å²) >= 11 is 3.14. The Bertz CT molecular complexity index is 450. The molecule has 0 bridgehead atoms.